The van der Waals surface area contributed by atoms with Gasteiger partial charge in [-0.3, -0.25) is 0 Å². The molecule has 0 heterocycles. The van der Waals surface area contributed by atoms with Crippen LogP contribution in [-0.2, 0) is 0 Å². The van der Waals surface area contributed by atoms with E-state index in [1.54, 1.807) is 19.1 Å². The Morgan fingerprint density at radius 3 is 2.59 bits per heavy atom. The summed E-state index contributed by atoms with van der Waals surface area (Å²) in [5.74, 6) is -0.0433. The fourth-order valence-electron chi connectivity index (χ4n) is 2.67. The van der Waals surface area contributed by atoms with Crippen LogP contribution in [0.1, 0.15) is 49.3 Å². The molecule has 1 nitrogen and oxygen atoms in total. The molecular formula is C14H18BrFO. The van der Waals surface area contributed by atoms with Crippen molar-refractivity contribution in [2.75, 3.05) is 0 Å². The quantitative estimate of drug-likeness (QED) is 0.852. The summed E-state index contributed by atoms with van der Waals surface area (Å²) < 4.78 is 14.8. The molecule has 1 aromatic rings. The van der Waals surface area contributed by atoms with E-state index in [0.29, 0.717) is 11.1 Å². The monoisotopic (exact) mass is 300 g/mol. The Morgan fingerprint density at radius 2 is 1.94 bits per heavy atom. The van der Waals surface area contributed by atoms with E-state index in [1.165, 1.54) is 6.42 Å². The highest BCUT2D eigenvalue weighted by molar-refractivity contribution is 9.10. The number of benzene rings is 1. The standard InChI is InChI=1S/C14H18BrFO/c1-9-7-11(15)8-12(13(9)16)14(17)10-5-3-2-4-6-10/h7-8,10,14,17H,2-6H2,1H3. The van der Waals surface area contributed by atoms with Crippen LogP contribution in [0.3, 0.4) is 0 Å². The number of aliphatic hydroxyl groups is 1. The Hall–Kier alpha value is -0.410. The molecule has 0 bridgehead atoms. The Bertz CT molecular complexity index is 399. The average Bonchev–Trinajstić information content (AvgIpc) is 2.34. The second kappa shape index (κ2) is 5.49. The van der Waals surface area contributed by atoms with Gasteiger partial charge in [0.1, 0.15) is 5.82 Å². The molecule has 1 saturated carbocycles. The van der Waals surface area contributed by atoms with Crippen molar-refractivity contribution >= 4 is 15.9 Å². The highest BCUT2D eigenvalue weighted by Gasteiger charge is 2.26. The second-order valence-electron chi connectivity index (χ2n) is 4.97. The van der Waals surface area contributed by atoms with E-state index in [-0.39, 0.29) is 11.7 Å². The normalized spacial score (nSPS) is 19.3. The minimum absolute atomic E-state index is 0.215. The van der Waals surface area contributed by atoms with Crippen molar-refractivity contribution in [2.45, 2.75) is 45.1 Å². The van der Waals surface area contributed by atoms with Gasteiger partial charge in [-0.1, -0.05) is 35.2 Å². The predicted molar refractivity (Wildman–Crippen MR) is 70.4 cm³/mol. The maximum Gasteiger partial charge on any atom is 0.131 e. The van der Waals surface area contributed by atoms with Gasteiger partial charge >= 0.3 is 0 Å². The molecule has 0 radical (unpaired) electrons. The first-order valence-electron chi connectivity index (χ1n) is 6.23. The van der Waals surface area contributed by atoms with E-state index < -0.39 is 6.10 Å². The maximum atomic E-state index is 14.0. The summed E-state index contributed by atoms with van der Waals surface area (Å²) in [5, 5.41) is 10.3. The summed E-state index contributed by atoms with van der Waals surface area (Å²) in [4.78, 5) is 0. The molecule has 3 heteroatoms. The van der Waals surface area contributed by atoms with E-state index in [0.717, 1.165) is 30.2 Å². The van der Waals surface area contributed by atoms with Crippen LogP contribution in [0.25, 0.3) is 0 Å². The highest BCUT2D eigenvalue weighted by atomic mass is 79.9. The smallest absolute Gasteiger partial charge is 0.131 e. The van der Waals surface area contributed by atoms with E-state index in [1.807, 2.05) is 0 Å². The first kappa shape index (κ1) is 13.0. The van der Waals surface area contributed by atoms with Gasteiger partial charge < -0.3 is 5.11 Å². The lowest BCUT2D eigenvalue weighted by atomic mass is 9.82. The van der Waals surface area contributed by atoms with Crippen molar-refractivity contribution in [3.63, 3.8) is 0 Å². The van der Waals surface area contributed by atoms with Crippen molar-refractivity contribution in [1.82, 2.24) is 0 Å². The van der Waals surface area contributed by atoms with Gasteiger partial charge in [-0.05, 0) is 43.4 Å². The molecule has 2 rings (SSSR count). The largest absolute Gasteiger partial charge is 0.388 e. The van der Waals surface area contributed by atoms with E-state index >= 15 is 0 Å². The average molecular weight is 301 g/mol. The maximum absolute atomic E-state index is 14.0. The summed E-state index contributed by atoms with van der Waals surface area (Å²) in [6.45, 7) is 1.73. The molecule has 1 N–H and O–H groups in total. The number of hydrogen-bond donors (Lipinski definition) is 1. The lowest BCUT2D eigenvalue weighted by Crippen LogP contribution is -2.17. The number of aliphatic hydroxyl groups excluding tert-OH is 1. The van der Waals surface area contributed by atoms with Crippen molar-refractivity contribution < 1.29 is 9.50 Å². The molecule has 0 spiro atoms. The molecule has 1 atom stereocenters. The highest BCUT2D eigenvalue weighted by Crippen LogP contribution is 2.36. The molecule has 0 aliphatic heterocycles. The van der Waals surface area contributed by atoms with E-state index in [2.05, 4.69) is 15.9 Å². The number of hydrogen-bond acceptors (Lipinski definition) is 1. The van der Waals surface area contributed by atoms with Crippen molar-refractivity contribution in [3.8, 4) is 0 Å². The Kier molecular flexibility index (Phi) is 4.21. The summed E-state index contributed by atoms with van der Waals surface area (Å²) in [7, 11) is 0. The molecule has 0 saturated heterocycles. The Balaban J connectivity index is 2.26. The minimum atomic E-state index is -0.661. The molecule has 0 aromatic heterocycles. The SMILES string of the molecule is Cc1cc(Br)cc(C(O)C2CCCCC2)c1F. The van der Waals surface area contributed by atoms with Crippen LogP contribution >= 0.6 is 15.9 Å². The second-order valence-corrected chi connectivity index (χ2v) is 5.88. The van der Waals surface area contributed by atoms with Crippen LogP contribution in [0.15, 0.2) is 16.6 Å². The number of rotatable bonds is 2. The third-order valence-electron chi connectivity index (χ3n) is 3.66. The van der Waals surface area contributed by atoms with Gasteiger partial charge in [-0.15, -0.1) is 0 Å². The molecule has 17 heavy (non-hydrogen) atoms. The summed E-state index contributed by atoms with van der Waals surface area (Å²) in [5.41, 5.74) is 1.04. The van der Waals surface area contributed by atoms with Crippen LogP contribution in [-0.4, -0.2) is 5.11 Å². The van der Waals surface area contributed by atoms with E-state index in [4.69, 9.17) is 0 Å². The fourth-order valence-corrected chi connectivity index (χ4v) is 3.26. The number of halogens is 2. The third kappa shape index (κ3) is 2.89. The first-order valence-corrected chi connectivity index (χ1v) is 7.02. The summed E-state index contributed by atoms with van der Waals surface area (Å²) in [6, 6.07) is 3.45. The van der Waals surface area contributed by atoms with Crippen molar-refractivity contribution in [3.05, 3.63) is 33.5 Å². The van der Waals surface area contributed by atoms with Crippen molar-refractivity contribution in [1.29, 1.82) is 0 Å². The zero-order valence-electron chi connectivity index (χ0n) is 10.0. The van der Waals surface area contributed by atoms with Gasteiger partial charge in [0.2, 0.25) is 0 Å². The molecular weight excluding hydrogens is 283 g/mol. The Labute approximate surface area is 110 Å². The molecule has 1 aromatic carbocycles. The zero-order chi connectivity index (χ0) is 12.4. The van der Waals surface area contributed by atoms with Gasteiger partial charge in [-0.25, -0.2) is 4.39 Å². The Morgan fingerprint density at radius 1 is 1.29 bits per heavy atom. The lowest BCUT2D eigenvalue weighted by Gasteiger charge is -2.27. The van der Waals surface area contributed by atoms with Gasteiger partial charge in [0, 0.05) is 10.0 Å². The molecule has 1 aliphatic carbocycles. The topological polar surface area (TPSA) is 20.2 Å². The van der Waals surface area contributed by atoms with Crippen LogP contribution < -0.4 is 0 Å². The third-order valence-corrected chi connectivity index (χ3v) is 4.12. The molecule has 0 amide bonds. The zero-order valence-corrected chi connectivity index (χ0v) is 11.6. The van der Waals surface area contributed by atoms with Crippen LogP contribution in [0.5, 0.6) is 0 Å². The molecule has 1 fully saturated rings. The number of aryl methyl sites for hydroxylation is 1. The minimum Gasteiger partial charge on any atom is -0.388 e. The molecule has 1 unspecified atom stereocenters. The van der Waals surface area contributed by atoms with Gasteiger partial charge in [0.05, 0.1) is 6.10 Å². The van der Waals surface area contributed by atoms with Crippen LogP contribution in [0.2, 0.25) is 0 Å². The fraction of sp³-hybridized carbons (Fsp3) is 0.571. The predicted octanol–water partition coefficient (Wildman–Crippen LogP) is 4.51. The van der Waals surface area contributed by atoms with Crippen LogP contribution in [0.4, 0.5) is 4.39 Å². The van der Waals surface area contributed by atoms with E-state index in [9.17, 15) is 9.50 Å². The molecule has 94 valence electrons. The van der Waals surface area contributed by atoms with Gasteiger partial charge in [-0.2, -0.15) is 0 Å². The first-order chi connectivity index (χ1) is 8.09. The lowest BCUT2D eigenvalue weighted by molar-refractivity contribution is 0.0814. The summed E-state index contributed by atoms with van der Waals surface area (Å²) >= 11 is 3.36. The van der Waals surface area contributed by atoms with Gasteiger partial charge in [0.25, 0.3) is 0 Å². The van der Waals surface area contributed by atoms with Crippen LogP contribution in [0, 0.1) is 18.7 Å². The summed E-state index contributed by atoms with van der Waals surface area (Å²) in [6.07, 6.45) is 4.89. The molecule has 1 aliphatic rings. The van der Waals surface area contributed by atoms with Crippen molar-refractivity contribution in [2.24, 2.45) is 5.92 Å². The van der Waals surface area contributed by atoms with Gasteiger partial charge in [0.15, 0.2) is 0 Å².